The molecule has 0 aliphatic carbocycles. The van der Waals surface area contributed by atoms with Crippen LogP contribution in [-0.4, -0.2) is 21.7 Å². The summed E-state index contributed by atoms with van der Waals surface area (Å²) in [6, 6.07) is 11.8. The van der Waals surface area contributed by atoms with Crippen LogP contribution in [0, 0.1) is 0 Å². The molecular formula is C17H16ClN3OS3. The predicted octanol–water partition coefficient (Wildman–Crippen LogP) is 6.10. The molecule has 0 aliphatic heterocycles. The summed E-state index contributed by atoms with van der Waals surface area (Å²) in [5.74, 6) is 0.888. The fourth-order valence-corrected chi connectivity index (χ4v) is 4.78. The SMILES string of the molecule is CC(C)c1ccc(Nc2nnc(SCC(=O)c3ccc(Cl)s3)s2)cc1. The quantitative estimate of drug-likeness (QED) is 0.377. The number of nitrogens with zero attached hydrogens (tertiary/aromatic N) is 2. The molecule has 0 aliphatic rings. The van der Waals surface area contributed by atoms with Gasteiger partial charge in [0.15, 0.2) is 10.1 Å². The van der Waals surface area contributed by atoms with Crippen LogP contribution < -0.4 is 5.32 Å². The van der Waals surface area contributed by atoms with Gasteiger partial charge in [-0.2, -0.15) is 0 Å². The van der Waals surface area contributed by atoms with Crippen LogP contribution in [0.3, 0.4) is 0 Å². The summed E-state index contributed by atoms with van der Waals surface area (Å²) >= 11 is 9.98. The van der Waals surface area contributed by atoms with Gasteiger partial charge in [0.1, 0.15) is 0 Å². The number of hydrogen-bond acceptors (Lipinski definition) is 7. The van der Waals surface area contributed by atoms with Crippen LogP contribution in [0.15, 0.2) is 40.7 Å². The molecule has 2 aromatic heterocycles. The molecule has 1 aromatic carbocycles. The molecule has 0 atom stereocenters. The van der Waals surface area contributed by atoms with Gasteiger partial charge in [-0.25, -0.2) is 0 Å². The molecule has 4 nitrogen and oxygen atoms in total. The molecule has 0 radical (unpaired) electrons. The summed E-state index contributed by atoms with van der Waals surface area (Å²) in [7, 11) is 0. The Hall–Kier alpha value is -1.41. The number of rotatable bonds is 7. The second-order valence-electron chi connectivity index (χ2n) is 5.59. The van der Waals surface area contributed by atoms with Crippen molar-refractivity contribution < 1.29 is 4.79 Å². The van der Waals surface area contributed by atoms with Crippen LogP contribution in [0.2, 0.25) is 4.34 Å². The lowest BCUT2D eigenvalue weighted by Gasteiger charge is -2.06. The Bertz CT molecular complexity index is 858. The number of halogens is 1. The van der Waals surface area contributed by atoms with Crippen molar-refractivity contribution in [3.05, 3.63) is 51.2 Å². The highest BCUT2D eigenvalue weighted by atomic mass is 35.5. The molecule has 0 fully saturated rings. The van der Waals surface area contributed by atoms with Crippen LogP contribution in [0.25, 0.3) is 0 Å². The Morgan fingerprint density at radius 2 is 1.92 bits per heavy atom. The Morgan fingerprint density at radius 3 is 2.56 bits per heavy atom. The van der Waals surface area contributed by atoms with Crippen molar-refractivity contribution in [2.75, 3.05) is 11.1 Å². The molecule has 25 heavy (non-hydrogen) atoms. The van der Waals surface area contributed by atoms with Crippen LogP contribution in [0.5, 0.6) is 0 Å². The van der Waals surface area contributed by atoms with E-state index in [0.29, 0.717) is 26.0 Å². The second-order valence-corrected chi connectivity index (χ2v) is 9.51. The van der Waals surface area contributed by atoms with Gasteiger partial charge in [-0.1, -0.05) is 60.7 Å². The number of hydrogen-bond donors (Lipinski definition) is 1. The van der Waals surface area contributed by atoms with Crippen molar-refractivity contribution in [1.29, 1.82) is 0 Å². The molecule has 0 saturated carbocycles. The molecule has 0 amide bonds. The lowest BCUT2D eigenvalue weighted by molar-refractivity contribution is 0.102. The largest absolute Gasteiger partial charge is 0.330 e. The van der Waals surface area contributed by atoms with Crippen molar-refractivity contribution in [2.24, 2.45) is 0 Å². The molecule has 1 N–H and O–H groups in total. The summed E-state index contributed by atoms with van der Waals surface area (Å²) in [4.78, 5) is 12.8. The lowest BCUT2D eigenvalue weighted by atomic mass is 10.0. The fourth-order valence-electron chi connectivity index (χ4n) is 2.06. The van der Waals surface area contributed by atoms with E-state index in [1.807, 2.05) is 12.1 Å². The molecule has 8 heteroatoms. The van der Waals surface area contributed by atoms with E-state index in [2.05, 4.69) is 41.5 Å². The molecule has 130 valence electrons. The summed E-state index contributed by atoms with van der Waals surface area (Å²) in [5.41, 5.74) is 2.27. The molecule has 3 aromatic rings. The van der Waals surface area contributed by atoms with Gasteiger partial charge in [-0.05, 0) is 35.7 Å². The molecule has 2 heterocycles. The highest BCUT2D eigenvalue weighted by molar-refractivity contribution is 8.01. The van der Waals surface area contributed by atoms with Gasteiger partial charge in [0.25, 0.3) is 0 Å². The monoisotopic (exact) mass is 409 g/mol. The van der Waals surface area contributed by atoms with Crippen molar-refractivity contribution in [1.82, 2.24) is 10.2 Å². The van der Waals surface area contributed by atoms with Crippen molar-refractivity contribution in [2.45, 2.75) is 24.1 Å². The normalized spacial score (nSPS) is 11.0. The van der Waals surface area contributed by atoms with E-state index in [1.54, 1.807) is 12.1 Å². The van der Waals surface area contributed by atoms with E-state index in [0.717, 1.165) is 10.0 Å². The first-order valence-electron chi connectivity index (χ1n) is 7.63. The topological polar surface area (TPSA) is 54.9 Å². The van der Waals surface area contributed by atoms with Gasteiger partial charge in [0.2, 0.25) is 5.13 Å². The summed E-state index contributed by atoms with van der Waals surface area (Å²) < 4.78 is 1.39. The first kappa shape index (κ1) is 18.4. The van der Waals surface area contributed by atoms with Gasteiger partial charge in [-0.15, -0.1) is 21.5 Å². The number of carbonyl (C=O) groups is 1. The molecule has 3 rings (SSSR count). The smallest absolute Gasteiger partial charge is 0.210 e. The summed E-state index contributed by atoms with van der Waals surface area (Å²) in [6.07, 6.45) is 0. The number of benzene rings is 1. The van der Waals surface area contributed by atoms with E-state index in [9.17, 15) is 4.79 Å². The molecule has 0 spiro atoms. The second kappa shape index (κ2) is 8.31. The highest BCUT2D eigenvalue weighted by Gasteiger charge is 2.12. The van der Waals surface area contributed by atoms with Gasteiger partial charge in [0, 0.05) is 5.69 Å². The van der Waals surface area contributed by atoms with Crippen LogP contribution in [0.4, 0.5) is 10.8 Å². The van der Waals surface area contributed by atoms with Gasteiger partial charge in [0.05, 0.1) is 15.0 Å². The highest BCUT2D eigenvalue weighted by Crippen LogP contribution is 2.30. The number of aromatic nitrogens is 2. The number of nitrogens with one attached hydrogen (secondary N) is 1. The Balaban J connectivity index is 1.56. The average Bonchev–Trinajstić information content (AvgIpc) is 3.22. The number of thioether (sulfide) groups is 1. The minimum atomic E-state index is 0.0517. The first-order valence-corrected chi connectivity index (χ1v) is 10.6. The number of thiophene rings is 1. The van der Waals surface area contributed by atoms with Crippen LogP contribution in [0.1, 0.15) is 35.0 Å². The maximum atomic E-state index is 12.1. The molecular weight excluding hydrogens is 394 g/mol. The van der Waals surface area contributed by atoms with E-state index >= 15 is 0 Å². The van der Waals surface area contributed by atoms with E-state index in [-0.39, 0.29) is 5.78 Å². The number of carbonyl (C=O) groups excluding carboxylic acids is 1. The third-order valence-corrected chi connectivity index (χ3v) is 6.65. The fraction of sp³-hybridized carbons (Fsp3) is 0.235. The lowest BCUT2D eigenvalue weighted by Crippen LogP contribution is -1.98. The van der Waals surface area contributed by atoms with Crippen molar-refractivity contribution in [3.63, 3.8) is 0 Å². The standard InChI is InChI=1S/C17H16ClN3OS3/c1-10(2)11-3-5-12(6-4-11)19-16-20-21-17(25-16)23-9-13(22)14-7-8-15(18)24-14/h3-8,10H,9H2,1-2H3,(H,19,20). The molecule has 0 unspecified atom stereocenters. The minimum Gasteiger partial charge on any atom is -0.330 e. The minimum absolute atomic E-state index is 0.0517. The number of anilines is 2. The van der Waals surface area contributed by atoms with E-state index in [4.69, 9.17) is 11.6 Å². The van der Waals surface area contributed by atoms with Gasteiger partial charge in [-0.3, -0.25) is 4.79 Å². The van der Waals surface area contributed by atoms with Crippen LogP contribution in [-0.2, 0) is 0 Å². The average molecular weight is 410 g/mol. The van der Waals surface area contributed by atoms with E-state index in [1.165, 1.54) is 40.0 Å². The predicted molar refractivity (Wildman–Crippen MR) is 108 cm³/mol. The van der Waals surface area contributed by atoms with Crippen molar-refractivity contribution in [3.8, 4) is 0 Å². The summed E-state index contributed by atoms with van der Waals surface area (Å²) in [6.45, 7) is 4.34. The maximum Gasteiger partial charge on any atom is 0.210 e. The number of ketones is 1. The first-order chi connectivity index (χ1) is 12.0. The van der Waals surface area contributed by atoms with Crippen molar-refractivity contribution >= 4 is 62.6 Å². The van der Waals surface area contributed by atoms with Crippen LogP contribution >= 0.6 is 46.0 Å². The Kier molecular flexibility index (Phi) is 6.11. The third-order valence-electron chi connectivity index (χ3n) is 3.41. The zero-order chi connectivity index (χ0) is 17.8. The van der Waals surface area contributed by atoms with E-state index < -0.39 is 0 Å². The number of Topliss-reactive ketones (excluding diaryl/α,β-unsaturated/α-hetero) is 1. The van der Waals surface area contributed by atoms with Gasteiger partial charge >= 0.3 is 0 Å². The maximum absolute atomic E-state index is 12.1. The zero-order valence-electron chi connectivity index (χ0n) is 13.7. The Morgan fingerprint density at radius 1 is 1.16 bits per heavy atom. The molecule has 0 bridgehead atoms. The summed E-state index contributed by atoms with van der Waals surface area (Å²) in [5, 5.41) is 12.2. The third kappa shape index (κ3) is 5.04. The molecule has 0 saturated heterocycles. The zero-order valence-corrected chi connectivity index (χ0v) is 16.9. The Labute approximate surface area is 163 Å². The van der Waals surface area contributed by atoms with Gasteiger partial charge < -0.3 is 5.32 Å².